The molecule has 0 aromatic rings. The number of hydrogen-bond donors (Lipinski definition) is 2. The van der Waals surface area contributed by atoms with E-state index < -0.39 is 23.2 Å². The van der Waals surface area contributed by atoms with Crippen LogP contribution < -0.4 is 10.4 Å². The fourth-order valence-corrected chi connectivity index (χ4v) is 1.26. The van der Waals surface area contributed by atoms with Crippen molar-refractivity contribution in [3.05, 3.63) is 11.1 Å². The zero-order chi connectivity index (χ0) is 13.1. The van der Waals surface area contributed by atoms with E-state index in [0.717, 1.165) is 6.92 Å². The summed E-state index contributed by atoms with van der Waals surface area (Å²) in [6.07, 6.45) is -5.01. The topological polar surface area (TPSA) is 16.5 Å². The fourth-order valence-electron chi connectivity index (χ4n) is 1.26. The van der Waals surface area contributed by atoms with Gasteiger partial charge in [0.2, 0.25) is 0 Å². The van der Waals surface area contributed by atoms with Gasteiger partial charge < -0.3 is 0 Å². The Hall–Kier alpha value is -0.690. The fraction of sp³-hybridized carbons (Fsp3) is 0.778. The summed E-state index contributed by atoms with van der Waals surface area (Å²) in [6, 6.07) is 0. The van der Waals surface area contributed by atoms with Crippen LogP contribution in [0, 0.1) is 0 Å². The van der Waals surface area contributed by atoms with Crippen molar-refractivity contribution in [2.45, 2.75) is 25.9 Å². The molecule has 0 aliphatic heterocycles. The van der Waals surface area contributed by atoms with Gasteiger partial charge in [0.1, 0.15) is 5.57 Å². The van der Waals surface area contributed by atoms with Gasteiger partial charge in [-0.1, -0.05) is 0 Å². The third-order valence-electron chi connectivity index (χ3n) is 1.86. The molecule has 0 aliphatic rings. The average molecular weight is 247 g/mol. The van der Waals surface area contributed by atoms with Gasteiger partial charge in [0.05, 0.1) is 20.6 Å². The van der Waals surface area contributed by atoms with Crippen molar-refractivity contribution in [1.29, 1.82) is 0 Å². The molecule has 16 heavy (non-hydrogen) atoms. The summed E-state index contributed by atoms with van der Waals surface area (Å²) in [5.74, 6) is -3.88. The van der Waals surface area contributed by atoms with Crippen LogP contribution in [0.2, 0.25) is 0 Å². The molecule has 0 bridgehead atoms. The Morgan fingerprint density at radius 1 is 1.12 bits per heavy atom. The molecule has 0 heterocycles. The van der Waals surface area contributed by atoms with Crippen LogP contribution in [0.4, 0.5) is 22.0 Å². The first kappa shape index (κ1) is 15.3. The maximum atomic E-state index is 12.8. The molecule has 0 aromatic heterocycles. The van der Waals surface area contributed by atoms with Gasteiger partial charge in [0, 0.05) is 6.92 Å². The zero-order valence-electron chi connectivity index (χ0n) is 9.60. The van der Waals surface area contributed by atoms with Crippen molar-refractivity contribution in [3.63, 3.8) is 0 Å². The van der Waals surface area contributed by atoms with Crippen molar-refractivity contribution >= 4 is 0 Å². The Morgan fingerprint density at radius 2 is 1.56 bits per heavy atom. The Bertz CT molecular complexity index is 246. The first-order valence-corrected chi connectivity index (χ1v) is 4.65. The van der Waals surface area contributed by atoms with E-state index in [1.807, 2.05) is 0 Å². The molecule has 0 fully saturated rings. The lowest BCUT2D eigenvalue weighted by Gasteiger charge is -2.21. The summed E-state index contributed by atoms with van der Waals surface area (Å²) >= 11 is 0. The van der Waals surface area contributed by atoms with Gasteiger partial charge in [-0.25, -0.2) is 8.78 Å². The monoisotopic (exact) mass is 247 g/mol. The largest absolute Gasteiger partial charge is 0.418 e. The summed E-state index contributed by atoms with van der Waals surface area (Å²) in [5, 5.41) is 0.667. The number of quaternary nitrogens is 1. The first-order chi connectivity index (χ1) is 6.96. The Balaban J connectivity index is 5.09. The molecule has 0 unspecified atom stereocenters. The van der Waals surface area contributed by atoms with Crippen molar-refractivity contribution in [1.82, 2.24) is 5.43 Å². The van der Waals surface area contributed by atoms with E-state index in [-0.39, 0.29) is 13.5 Å². The molecule has 0 aromatic carbocycles. The molecule has 96 valence electrons. The molecular formula is C9H16F5N2+. The highest BCUT2D eigenvalue weighted by atomic mass is 19.4. The number of alkyl halides is 5. The molecule has 0 radical (unpaired) electrons. The molecule has 0 saturated heterocycles. The van der Waals surface area contributed by atoms with Crippen LogP contribution in [-0.2, 0) is 0 Å². The van der Waals surface area contributed by atoms with Crippen molar-refractivity contribution < 1.29 is 27.0 Å². The maximum Gasteiger partial charge on any atom is 0.418 e. The van der Waals surface area contributed by atoms with Gasteiger partial charge in [0.15, 0.2) is 0 Å². The highest BCUT2D eigenvalue weighted by Gasteiger charge is 2.48. The lowest BCUT2D eigenvalue weighted by molar-refractivity contribution is -0.905. The quantitative estimate of drug-likeness (QED) is 0.433. The minimum absolute atomic E-state index is 0.236. The summed E-state index contributed by atoms with van der Waals surface area (Å²) in [6.45, 7) is 1.07. The van der Waals surface area contributed by atoms with Crippen LogP contribution in [0.3, 0.4) is 0 Å². The molecule has 2 nitrogen and oxygen atoms in total. The molecule has 0 rings (SSSR count). The van der Waals surface area contributed by atoms with Crippen LogP contribution in [0.15, 0.2) is 11.1 Å². The highest BCUT2D eigenvalue weighted by molar-refractivity contribution is 5.24. The lowest BCUT2D eigenvalue weighted by Crippen LogP contribution is -3.13. The number of rotatable bonds is 4. The number of nitrogens with one attached hydrogen (secondary N) is 2. The van der Waals surface area contributed by atoms with E-state index in [9.17, 15) is 22.0 Å². The standard InChI is InChI=1S/C9H15F5N2/c1-6(5-15-16(3)4)7(8(2,10)11)9(12,13)14/h15H,5H2,1-4H3/p+1. The average Bonchev–Trinajstić information content (AvgIpc) is 1.94. The van der Waals surface area contributed by atoms with Crippen LogP contribution in [0.5, 0.6) is 0 Å². The zero-order valence-corrected chi connectivity index (χ0v) is 9.60. The summed E-state index contributed by atoms with van der Waals surface area (Å²) in [5.41, 5.74) is 0.424. The number of allylic oxidation sites excluding steroid dienone is 1. The summed E-state index contributed by atoms with van der Waals surface area (Å²) in [7, 11) is 3.29. The molecule has 0 saturated carbocycles. The summed E-state index contributed by atoms with van der Waals surface area (Å²) < 4.78 is 62.9. The molecule has 7 heteroatoms. The predicted octanol–water partition coefficient (Wildman–Crippen LogP) is 1.17. The minimum atomic E-state index is -5.01. The van der Waals surface area contributed by atoms with Crippen molar-refractivity contribution in [3.8, 4) is 0 Å². The van der Waals surface area contributed by atoms with Gasteiger partial charge in [-0.15, -0.1) is 0 Å². The van der Waals surface area contributed by atoms with E-state index in [2.05, 4.69) is 5.43 Å². The van der Waals surface area contributed by atoms with Gasteiger partial charge in [-0.05, 0) is 12.5 Å². The van der Waals surface area contributed by atoms with Gasteiger partial charge >= 0.3 is 6.18 Å². The third-order valence-corrected chi connectivity index (χ3v) is 1.86. The van der Waals surface area contributed by atoms with E-state index in [4.69, 9.17) is 0 Å². The SMILES string of the molecule is CC(CN[NH+](C)C)=C(C(C)(F)F)C(F)(F)F. The molecule has 0 amide bonds. The second-order valence-electron chi connectivity index (χ2n) is 3.90. The molecule has 0 atom stereocenters. The molecule has 0 spiro atoms. The third kappa shape index (κ3) is 4.89. The second kappa shape index (κ2) is 5.09. The lowest BCUT2D eigenvalue weighted by atomic mass is 10.0. The van der Waals surface area contributed by atoms with E-state index >= 15 is 0 Å². The van der Waals surface area contributed by atoms with E-state index in [0.29, 0.717) is 5.01 Å². The summed E-state index contributed by atoms with van der Waals surface area (Å²) in [4.78, 5) is 0. The molecule has 2 N–H and O–H groups in total. The van der Waals surface area contributed by atoms with E-state index in [1.54, 1.807) is 14.1 Å². The van der Waals surface area contributed by atoms with Gasteiger partial charge in [-0.3, -0.25) is 5.01 Å². The first-order valence-electron chi connectivity index (χ1n) is 4.65. The van der Waals surface area contributed by atoms with Gasteiger partial charge in [0.25, 0.3) is 5.92 Å². The second-order valence-corrected chi connectivity index (χ2v) is 3.90. The molecule has 0 aliphatic carbocycles. The Labute approximate surface area is 91.1 Å². The van der Waals surface area contributed by atoms with E-state index in [1.165, 1.54) is 0 Å². The number of halogens is 5. The predicted molar refractivity (Wildman–Crippen MR) is 50.2 cm³/mol. The normalized spacial score (nSPS) is 15.4. The minimum Gasteiger partial charge on any atom is -0.262 e. The van der Waals surface area contributed by atoms with Gasteiger partial charge in [-0.2, -0.15) is 18.6 Å². The van der Waals surface area contributed by atoms with Crippen LogP contribution in [0.1, 0.15) is 13.8 Å². The van der Waals surface area contributed by atoms with Crippen molar-refractivity contribution in [2.24, 2.45) is 0 Å². The van der Waals surface area contributed by atoms with Crippen LogP contribution >= 0.6 is 0 Å². The maximum absolute atomic E-state index is 12.8. The van der Waals surface area contributed by atoms with Crippen molar-refractivity contribution in [2.75, 3.05) is 20.6 Å². The van der Waals surface area contributed by atoms with Crippen LogP contribution in [0.25, 0.3) is 0 Å². The molecular weight excluding hydrogens is 231 g/mol. The Morgan fingerprint density at radius 3 is 1.81 bits per heavy atom. The number of hydrogen-bond acceptors (Lipinski definition) is 1. The van der Waals surface area contributed by atoms with Crippen LogP contribution in [-0.4, -0.2) is 32.7 Å². The smallest absolute Gasteiger partial charge is 0.262 e. The highest BCUT2D eigenvalue weighted by Crippen LogP contribution is 2.39. The Kier molecular flexibility index (Phi) is 4.87.